The molecule has 1 N–H and O–H groups in total. The van der Waals surface area contributed by atoms with Crippen LogP contribution in [-0.2, 0) is 6.54 Å². The zero-order valence-electron chi connectivity index (χ0n) is 11.0. The van der Waals surface area contributed by atoms with Crippen molar-refractivity contribution in [3.8, 4) is 0 Å². The summed E-state index contributed by atoms with van der Waals surface area (Å²) in [5, 5.41) is 3.73. The number of nitrogens with one attached hydrogen (secondary N) is 1. The van der Waals surface area contributed by atoms with E-state index >= 15 is 0 Å². The lowest BCUT2D eigenvalue weighted by Crippen LogP contribution is -2.42. The second-order valence-corrected chi connectivity index (χ2v) is 5.76. The molecule has 2 fully saturated rings. The average Bonchev–Trinajstić information content (AvgIpc) is 3.23. The molecule has 0 unspecified atom stereocenters. The Morgan fingerprint density at radius 1 is 1.11 bits per heavy atom. The SMILES string of the molecule is c1cc(CN2CCC(NCC3CC3)CC2)ccn1. The van der Waals surface area contributed by atoms with Crippen molar-refractivity contribution in [3.63, 3.8) is 0 Å². The molecule has 0 atom stereocenters. The van der Waals surface area contributed by atoms with Gasteiger partial charge in [0, 0.05) is 25.0 Å². The van der Waals surface area contributed by atoms with E-state index in [1.165, 1.54) is 50.9 Å². The van der Waals surface area contributed by atoms with Crippen LogP contribution in [0.15, 0.2) is 24.5 Å². The minimum Gasteiger partial charge on any atom is -0.314 e. The van der Waals surface area contributed by atoms with Crippen molar-refractivity contribution in [1.82, 2.24) is 15.2 Å². The van der Waals surface area contributed by atoms with Gasteiger partial charge < -0.3 is 5.32 Å². The van der Waals surface area contributed by atoms with Crippen molar-refractivity contribution in [2.45, 2.75) is 38.3 Å². The first-order chi connectivity index (χ1) is 8.90. The quantitative estimate of drug-likeness (QED) is 0.860. The molecule has 0 bridgehead atoms. The fraction of sp³-hybridized carbons (Fsp3) is 0.667. The van der Waals surface area contributed by atoms with Gasteiger partial charge in [-0.25, -0.2) is 0 Å². The summed E-state index contributed by atoms with van der Waals surface area (Å²) in [7, 11) is 0. The Hall–Kier alpha value is -0.930. The monoisotopic (exact) mass is 245 g/mol. The lowest BCUT2D eigenvalue weighted by Gasteiger charge is -2.32. The highest BCUT2D eigenvalue weighted by Gasteiger charge is 2.24. The van der Waals surface area contributed by atoms with Gasteiger partial charge in [-0.3, -0.25) is 9.88 Å². The summed E-state index contributed by atoms with van der Waals surface area (Å²) in [5.74, 6) is 1.000. The van der Waals surface area contributed by atoms with E-state index in [1.807, 2.05) is 12.4 Å². The number of aromatic nitrogens is 1. The van der Waals surface area contributed by atoms with Crippen LogP contribution >= 0.6 is 0 Å². The molecule has 0 radical (unpaired) electrons. The van der Waals surface area contributed by atoms with Crippen LogP contribution in [0.1, 0.15) is 31.2 Å². The first kappa shape index (κ1) is 12.1. The Kier molecular flexibility index (Phi) is 3.91. The molecule has 2 aliphatic rings. The number of hydrogen-bond acceptors (Lipinski definition) is 3. The van der Waals surface area contributed by atoms with E-state index in [2.05, 4.69) is 27.3 Å². The highest BCUT2D eigenvalue weighted by atomic mass is 15.1. The molecule has 98 valence electrons. The van der Waals surface area contributed by atoms with Crippen molar-refractivity contribution in [1.29, 1.82) is 0 Å². The van der Waals surface area contributed by atoms with Gasteiger partial charge in [-0.1, -0.05) is 0 Å². The molecule has 0 aromatic carbocycles. The number of pyridine rings is 1. The Balaban J connectivity index is 1.39. The fourth-order valence-electron chi connectivity index (χ4n) is 2.70. The highest BCUT2D eigenvalue weighted by Crippen LogP contribution is 2.28. The van der Waals surface area contributed by atoms with Gasteiger partial charge in [-0.15, -0.1) is 0 Å². The summed E-state index contributed by atoms with van der Waals surface area (Å²) < 4.78 is 0. The third-order valence-corrected chi connectivity index (χ3v) is 4.14. The van der Waals surface area contributed by atoms with Crippen LogP contribution in [-0.4, -0.2) is 35.6 Å². The van der Waals surface area contributed by atoms with E-state index in [4.69, 9.17) is 0 Å². The van der Waals surface area contributed by atoms with Crippen LogP contribution in [0.4, 0.5) is 0 Å². The minimum atomic E-state index is 0.763. The average molecular weight is 245 g/mol. The summed E-state index contributed by atoms with van der Waals surface area (Å²) in [5.41, 5.74) is 1.38. The smallest absolute Gasteiger partial charge is 0.0271 e. The number of hydrogen-bond donors (Lipinski definition) is 1. The Morgan fingerprint density at radius 3 is 2.50 bits per heavy atom. The van der Waals surface area contributed by atoms with Crippen molar-refractivity contribution in [3.05, 3.63) is 30.1 Å². The van der Waals surface area contributed by atoms with E-state index < -0.39 is 0 Å². The Bertz CT molecular complexity index is 353. The van der Waals surface area contributed by atoms with E-state index in [0.29, 0.717) is 0 Å². The predicted octanol–water partition coefficient (Wildman–Crippen LogP) is 2.05. The maximum Gasteiger partial charge on any atom is 0.0271 e. The van der Waals surface area contributed by atoms with E-state index in [-0.39, 0.29) is 0 Å². The lowest BCUT2D eigenvalue weighted by molar-refractivity contribution is 0.190. The summed E-state index contributed by atoms with van der Waals surface area (Å²) in [6.45, 7) is 4.79. The van der Waals surface area contributed by atoms with E-state index in [9.17, 15) is 0 Å². The van der Waals surface area contributed by atoms with E-state index in [0.717, 1.165) is 18.5 Å². The molecule has 2 heterocycles. The predicted molar refractivity (Wildman–Crippen MR) is 73.3 cm³/mol. The van der Waals surface area contributed by atoms with Crippen molar-refractivity contribution >= 4 is 0 Å². The van der Waals surface area contributed by atoms with Crippen molar-refractivity contribution in [2.24, 2.45) is 5.92 Å². The minimum absolute atomic E-state index is 0.763. The molecule has 1 aliphatic heterocycles. The standard InChI is InChI=1S/C15H23N3/c1-2-13(1)11-17-15-5-9-18(10-6-15)12-14-3-7-16-8-4-14/h3-4,7-8,13,15,17H,1-2,5-6,9-12H2. The molecule has 18 heavy (non-hydrogen) atoms. The van der Waals surface area contributed by atoms with Gasteiger partial charge in [-0.2, -0.15) is 0 Å². The third-order valence-electron chi connectivity index (χ3n) is 4.14. The molecule has 3 rings (SSSR count). The first-order valence-electron chi connectivity index (χ1n) is 7.25. The number of piperidine rings is 1. The van der Waals surface area contributed by atoms with Crippen LogP contribution in [0.2, 0.25) is 0 Å². The van der Waals surface area contributed by atoms with Crippen molar-refractivity contribution in [2.75, 3.05) is 19.6 Å². The summed E-state index contributed by atoms with van der Waals surface area (Å²) in [6, 6.07) is 5.01. The van der Waals surface area contributed by atoms with Gasteiger partial charge >= 0.3 is 0 Å². The molecule has 1 aromatic heterocycles. The molecule has 3 nitrogen and oxygen atoms in total. The summed E-state index contributed by atoms with van der Waals surface area (Å²) in [4.78, 5) is 6.63. The normalized spacial score (nSPS) is 22.2. The summed E-state index contributed by atoms with van der Waals surface area (Å²) >= 11 is 0. The van der Waals surface area contributed by atoms with Gasteiger partial charge in [-0.05, 0) is 68.9 Å². The van der Waals surface area contributed by atoms with E-state index in [1.54, 1.807) is 0 Å². The Morgan fingerprint density at radius 2 is 1.83 bits per heavy atom. The molecule has 0 amide bonds. The molecule has 1 aliphatic carbocycles. The maximum atomic E-state index is 4.07. The molecule has 1 aromatic rings. The second kappa shape index (κ2) is 5.81. The van der Waals surface area contributed by atoms with Crippen LogP contribution in [0.5, 0.6) is 0 Å². The molecular weight excluding hydrogens is 222 g/mol. The largest absolute Gasteiger partial charge is 0.314 e. The van der Waals surface area contributed by atoms with Gasteiger partial charge in [0.15, 0.2) is 0 Å². The zero-order chi connectivity index (χ0) is 12.2. The molecular formula is C15H23N3. The van der Waals surface area contributed by atoms with Crippen molar-refractivity contribution < 1.29 is 0 Å². The van der Waals surface area contributed by atoms with Gasteiger partial charge in [0.2, 0.25) is 0 Å². The number of rotatable bonds is 5. The molecule has 0 spiro atoms. The molecule has 1 saturated carbocycles. The van der Waals surface area contributed by atoms with Gasteiger partial charge in [0.25, 0.3) is 0 Å². The first-order valence-corrected chi connectivity index (χ1v) is 7.25. The summed E-state index contributed by atoms with van der Waals surface area (Å²) in [6.07, 6.45) is 9.29. The van der Waals surface area contributed by atoms with Crippen LogP contribution < -0.4 is 5.32 Å². The molecule has 1 saturated heterocycles. The number of nitrogens with zero attached hydrogens (tertiary/aromatic N) is 2. The maximum absolute atomic E-state index is 4.07. The van der Waals surface area contributed by atoms with Gasteiger partial charge in [0.05, 0.1) is 0 Å². The Labute approximate surface area is 110 Å². The van der Waals surface area contributed by atoms with Crippen LogP contribution in [0.25, 0.3) is 0 Å². The van der Waals surface area contributed by atoms with Gasteiger partial charge in [0.1, 0.15) is 0 Å². The topological polar surface area (TPSA) is 28.2 Å². The number of likely N-dealkylation sites (tertiary alicyclic amines) is 1. The molecule has 3 heteroatoms. The lowest BCUT2D eigenvalue weighted by atomic mass is 10.0. The highest BCUT2D eigenvalue weighted by molar-refractivity contribution is 5.09. The van der Waals surface area contributed by atoms with Crippen LogP contribution in [0.3, 0.4) is 0 Å². The second-order valence-electron chi connectivity index (χ2n) is 5.76. The van der Waals surface area contributed by atoms with Crippen LogP contribution in [0, 0.1) is 5.92 Å². The third kappa shape index (κ3) is 3.53. The fourth-order valence-corrected chi connectivity index (χ4v) is 2.70. The zero-order valence-corrected chi connectivity index (χ0v) is 11.0.